The summed E-state index contributed by atoms with van der Waals surface area (Å²) in [6.45, 7) is 3.33. The molecule has 6 heteroatoms. The van der Waals surface area contributed by atoms with E-state index in [2.05, 4.69) is 11.3 Å². The first-order chi connectivity index (χ1) is 5.75. The van der Waals surface area contributed by atoms with Gasteiger partial charge in [0.05, 0.1) is 6.10 Å². The fourth-order valence-corrected chi connectivity index (χ4v) is 0.399. The first kappa shape index (κ1) is 12.0. The normalized spacial score (nSPS) is 13.6. The smallest absolute Gasteiger partial charge is 0.422 e. The molecule has 0 saturated heterocycles. The van der Waals surface area contributed by atoms with Crippen LogP contribution in [0.15, 0.2) is 12.2 Å². The SMILES string of the molecule is C=C(C(=O)OCC(C)O)C(F)(F)F. The minimum Gasteiger partial charge on any atom is -0.459 e. The predicted molar refractivity (Wildman–Crippen MR) is 37.8 cm³/mol. The van der Waals surface area contributed by atoms with E-state index in [0.717, 1.165) is 0 Å². The van der Waals surface area contributed by atoms with Gasteiger partial charge in [0, 0.05) is 0 Å². The van der Waals surface area contributed by atoms with Crippen molar-refractivity contribution in [2.75, 3.05) is 6.61 Å². The minimum atomic E-state index is -4.78. The molecule has 0 amide bonds. The van der Waals surface area contributed by atoms with E-state index < -0.39 is 30.4 Å². The molecule has 0 aliphatic carbocycles. The molecule has 0 aliphatic heterocycles. The van der Waals surface area contributed by atoms with Gasteiger partial charge in [0.15, 0.2) is 0 Å². The number of hydrogen-bond acceptors (Lipinski definition) is 3. The second-order valence-electron chi connectivity index (χ2n) is 2.42. The summed E-state index contributed by atoms with van der Waals surface area (Å²) in [4.78, 5) is 10.5. The maximum atomic E-state index is 11.8. The summed E-state index contributed by atoms with van der Waals surface area (Å²) in [5.74, 6) is -1.56. The number of carbonyl (C=O) groups excluding carboxylic acids is 1. The van der Waals surface area contributed by atoms with Gasteiger partial charge in [-0.3, -0.25) is 0 Å². The second kappa shape index (κ2) is 4.27. The maximum absolute atomic E-state index is 11.8. The number of halogens is 3. The number of ether oxygens (including phenoxy) is 1. The van der Waals surface area contributed by atoms with Gasteiger partial charge in [-0.25, -0.2) is 4.79 Å². The van der Waals surface area contributed by atoms with Crippen molar-refractivity contribution in [1.29, 1.82) is 0 Å². The Balaban J connectivity index is 4.06. The third-order valence-corrected chi connectivity index (χ3v) is 1.04. The molecule has 0 heterocycles. The van der Waals surface area contributed by atoms with Crippen LogP contribution in [0.25, 0.3) is 0 Å². The van der Waals surface area contributed by atoms with Gasteiger partial charge in [-0.2, -0.15) is 13.2 Å². The first-order valence-corrected chi connectivity index (χ1v) is 3.36. The maximum Gasteiger partial charge on any atom is 0.422 e. The Hall–Kier alpha value is -1.04. The molecule has 76 valence electrons. The van der Waals surface area contributed by atoms with E-state index >= 15 is 0 Å². The lowest BCUT2D eigenvalue weighted by atomic mass is 10.3. The molecule has 0 bridgehead atoms. The van der Waals surface area contributed by atoms with Crippen LogP contribution < -0.4 is 0 Å². The van der Waals surface area contributed by atoms with Crippen LogP contribution >= 0.6 is 0 Å². The molecule has 1 unspecified atom stereocenters. The summed E-state index contributed by atoms with van der Waals surface area (Å²) in [6.07, 6.45) is -5.78. The van der Waals surface area contributed by atoms with Crippen molar-refractivity contribution >= 4 is 5.97 Å². The van der Waals surface area contributed by atoms with Crippen LogP contribution in [-0.4, -0.2) is 30.0 Å². The number of esters is 1. The van der Waals surface area contributed by atoms with Crippen LogP contribution in [0.3, 0.4) is 0 Å². The van der Waals surface area contributed by atoms with Crippen molar-refractivity contribution in [2.24, 2.45) is 0 Å². The number of hydrogen-bond donors (Lipinski definition) is 1. The first-order valence-electron chi connectivity index (χ1n) is 3.36. The molecule has 1 N–H and O–H groups in total. The molecule has 0 aromatic rings. The lowest BCUT2D eigenvalue weighted by Crippen LogP contribution is -2.23. The summed E-state index contributed by atoms with van der Waals surface area (Å²) >= 11 is 0. The van der Waals surface area contributed by atoms with E-state index in [1.165, 1.54) is 6.92 Å². The highest BCUT2D eigenvalue weighted by Gasteiger charge is 2.37. The average molecular weight is 198 g/mol. The fraction of sp³-hybridized carbons (Fsp3) is 0.571. The molecule has 0 radical (unpaired) electrons. The van der Waals surface area contributed by atoms with Crippen LogP contribution in [0.5, 0.6) is 0 Å². The fourth-order valence-electron chi connectivity index (χ4n) is 0.399. The molecule has 0 aromatic carbocycles. The van der Waals surface area contributed by atoms with Crippen LogP contribution in [0, 0.1) is 0 Å². The molecule has 1 atom stereocenters. The molecule has 0 saturated carbocycles. The van der Waals surface area contributed by atoms with Gasteiger partial charge in [0.25, 0.3) is 0 Å². The quantitative estimate of drug-likeness (QED) is 0.544. The van der Waals surface area contributed by atoms with Gasteiger partial charge in [0.2, 0.25) is 0 Å². The van der Waals surface area contributed by atoms with Crippen molar-refractivity contribution in [3.63, 3.8) is 0 Å². The second-order valence-corrected chi connectivity index (χ2v) is 2.42. The summed E-state index contributed by atoms with van der Waals surface area (Å²) in [6, 6.07) is 0. The third kappa shape index (κ3) is 4.51. The van der Waals surface area contributed by atoms with Crippen LogP contribution in [0.2, 0.25) is 0 Å². The minimum absolute atomic E-state index is 0.478. The van der Waals surface area contributed by atoms with Gasteiger partial charge in [0.1, 0.15) is 12.2 Å². The number of rotatable bonds is 3. The van der Waals surface area contributed by atoms with Gasteiger partial charge < -0.3 is 9.84 Å². The molecule has 0 aliphatic rings. The standard InChI is InChI=1S/C7H9F3O3/c1-4(11)3-13-6(12)5(2)7(8,9)10/h4,11H,2-3H2,1H3. The van der Waals surface area contributed by atoms with Gasteiger partial charge in [-0.05, 0) is 6.92 Å². The Morgan fingerprint density at radius 3 is 2.38 bits per heavy atom. The van der Waals surface area contributed by atoms with E-state index in [4.69, 9.17) is 5.11 Å². The molecular formula is C7H9F3O3. The summed E-state index contributed by atoms with van der Waals surface area (Å²) in [5.41, 5.74) is -1.58. The lowest BCUT2D eigenvalue weighted by Gasteiger charge is -2.10. The van der Waals surface area contributed by atoms with Crippen LogP contribution in [-0.2, 0) is 9.53 Å². The zero-order chi connectivity index (χ0) is 10.6. The average Bonchev–Trinajstić information content (AvgIpc) is 1.96. The Kier molecular flexibility index (Phi) is 3.93. The summed E-state index contributed by atoms with van der Waals surface area (Å²) < 4.78 is 39.4. The van der Waals surface area contributed by atoms with Crippen molar-refractivity contribution in [2.45, 2.75) is 19.2 Å². The largest absolute Gasteiger partial charge is 0.459 e. The van der Waals surface area contributed by atoms with E-state index in [0.29, 0.717) is 0 Å². The Morgan fingerprint density at radius 2 is 2.08 bits per heavy atom. The van der Waals surface area contributed by atoms with Gasteiger partial charge in [-0.15, -0.1) is 0 Å². The van der Waals surface area contributed by atoms with E-state index in [1.54, 1.807) is 0 Å². The molecule has 3 nitrogen and oxygen atoms in total. The van der Waals surface area contributed by atoms with Gasteiger partial charge >= 0.3 is 12.1 Å². The highest BCUT2D eigenvalue weighted by Crippen LogP contribution is 2.24. The van der Waals surface area contributed by atoms with Crippen molar-refractivity contribution < 1.29 is 27.8 Å². The number of alkyl halides is 3. The van der Waals surface area contributed by atoms with Crippen molar-refractivity contribution in [1.82, 2.24) is 0 Å². The van der Waals surface area contributed by atoms with E-state index in [9.17, 15) is 18.0 Å². The highest BCUT2D eigenvalue weighted by molar-refractivity contribution is 5.89. The number of aliphatic hydroxyl groups excluding tert-OH is 1. The van der Waals surface area contributed by atoms with Crippen molar-refractivity contribution in [3.8, 4) is 0 Å². The lowest BCUT2D eigenvalue weighted by molar-refractivity contribution is -0.152. The number of aliphatic hydroxyl groups is 1. The number of carbonyl (C=O) groups is 1. The monoisotopic (exact) mass is 198 g/mol. The third-order valence-electron chi connectivity index (χ3n) is 1.04. The Bertz CT molecular complexity index is 208. The zero-order valence-corrected chi connectivity index (χ0v) is 6.89. The van der Waals surface area contributed by atoms with E-state index in [-0.39, 0.29) is 0 Å². The molecule has 0 fully saturated rings. The van der Waals surface area contributed by atoms with Gasteiger partial charge in [-0.1, -0.05) is 6.58 Å². The van der Waals surface area contributed by atoms with Crippen molar-refractivity contribution in [3.05, 3.63) is 12.2 Å². The molecular weight excluding hydrogens is 189 g/mol. The van der Waals surface area contributed by atoms with Crippen LogP contribution in [0.1, 0.15) is 6.92 Å². The van der Waals surface area contributed by atoms with E-state index in [1.807, 2.05) is 0 Å². The van der Waals surface area contributed by atoms with Crippen LogP contribution in [0.4, 0.5) is 13.2 Å². The topological polar surface area (TPSA) is 46.5 Å². The Labute approximate surface area is 72.8 Å². The molecule has 13 heavy (non-hydrogen) atoms. The molecule has 0 spiro atoms. The molecule has 0 aromatic heterocycles. The highest BCUT2D eigenvalue weighted by atomic mass is 19.4. The molecule has 0 rings (SSSR count). The zero-order valence-electron chi connectivity index (χ0n) is 6.89. The Morgan fingerprint density at radius 1 is 1.62 bits per heavy atom. The summed E-state index contributed by atoms with van der Waals surface area (Å²) in [7, 11) is 0. The summed E-state index contributed by atoms with van der Waals surface area (Å²) in [5, 5.41) is 8.60. The predicted octanol–water partition coefficient (Wildman–Crippen LogP) is 1.03.